The molecule has 0 heterocycles. The number of phenolic OH excluding ortho intramolecular Hbond substituents is 1. The van der Waals surface area contributed by atoms with E-state index in [9.17, 15) is 9.90 Å². The fraction of sp³-hybridized carbons (Fsp3) is 0.417. The Balaban J connectivity index is 3.42. The monoisotopic (exact) mass is 224 g/mol. The van der Waals surface area contributed by atoms with Gasteiger partial charge in [-0.3, -0.25) is 4.79 Å². The fourth-order valence-corrected chi connectivity index (χ4v) is 1.73. The molecule has 0 bridgehead atoms. The van der Waals surface area contributed by atoms with Gasteiger partial charge in [-0.2, -0.15) is 0 Å². The number of hydrogen-bond acceptors (Lipinski definition) is 3. The summed E-state index contributed by atoms with van der Waals surface area (Å²) in [6.07, 6.45) is 0. The molecule has 4 nitrogen and oxygen atoms in total. The fourth-order valence-electron chi connectivity index (χ4n) is 1.73. The van der Waals surface area contributed by atoms with Crippen LogP contribution in [0.25, 0.3) is 0 Å². The molecule has 0 aliphatic rings. The number of carboxylic acids is 1. The van der Waals surface area contributed by atoms with Crippen molar-refractivity contribution in [1.82, 2.24) is 0 Å². The van der Waals surface area contributed by atoms with E-state index in [0.29, 0.717) is 22.4 Å². The van der Waals surface area contributed by atoms with Gasteiger partial charge in [0.15, 0.2) is 11.5 Å². The largest absolute Gasteiger partial charge is 0.504 e. The maximum Gasteiger partial charge on any atom is 0.310 e. The first-order valence-electron chi connectivity index (χ1n) is 5.00. The molecule has 1 rings (SSSR count). The number of benzene rings is 1. The number of rotatable bonds is 3. The van der Waals surface area contributed by atoms with Crippen LogP contribution < -0.4 is 4.74 Å². The van der Waals surface area contributed by atoms with E-state index in [2.05, 4.69) is 0 Å². The number of carbonyl (C=O) groups is 1. The smallest absolute Gasteiger partial charge is 0.310 e. The first-order valence-corrected chi connectivity index (χ1v) is 5.00. The first kappa shape index (κ1) is 12.4. The van der Waals surface area contributed by atoms with Crippen molar-refractivity contribution in [3.8, 4) is 11.5 Å². The molecule has 1 aromatic carbocycles. The summed E-state index contributed by atoms with van der Waals surface area (Å²) in [6.45, 7) is 5.07. The van der Waals surface area contributed by atoms with Crippen LogP contribution in [0.3, 0.4) is 0 Å². The van der Waals surface area contributed by atoms with E-state index in [1.807, 2.05) is 0 Å². The molecule has 0 aliphatic heterocycles. The highest BCUT2D eigenvalue weighted by atomic mass is 16.5. The lowest BCUT2D eigenvalue weighted by Gasteiger charge is -2.16. The summed E-state index contributed by atoms with van der Waals surface area (Å²) in [5.74, 6) is -1.09. The predicted molar refractivity (Wildman–Crippen MR) is 60.2 cm³/mol. The van der Waals surface area contributed by atoms with E-state index < -0.39 is 11.9 Å². The lowest BCUT2D eigenvalue weighted by atomic mass is 9.93. The van der Waals surface area contributed by atoms with Crippen molar-refractivity contribution in [2.75, 3.05) is 7.11 Å². The maximum atomic E-state index is 10.9. The average molecular weight is 224 g/mol. The minimum Gasteiger partial charge on any atom is -0.504 e. The number of carboxylic acid groups (broad SMARTS) is 1. The van der Waals surface area contributed by atoms with Gasteiger partial charge < -0.3 is 14.9 Å². The van der Waals surface area contributed by atoms with E-state index in [0.717, 1.165) is 0 Å². The van der Waals surface area contributed by atoms with Gasteiger partial charge in [0.05, 0.1) is 13.0 Å². The number of aryl methyl sites for hydroxylation is 1. The van der Waals surface area contributed by atoms with Gasteiger partial charge in [0.25, 0.3) is 0 Å². The van der Waals surface area contributed by atoms with Crippen LogP contribution in [0.5, 0.6) is 11.5 Å². The molecule has 0 radical (unpaired) electrons. The summed E-state index contributed by atoms with van der Waals surface area (Å²) in [7, 11) is 1.46. The van der Waals surface area contributed by atoms with Crippen LogP contribution in [0.15, 0.2) is 6.07 Å². The molecule has 0 saturated heterocycles. The molecule has 0 amide bonds. The lowest BCUT2D eigenvalue weighted by molar-refractivity contribution is -0.138. The van der Waals surface area contributed by atoms with E-state index >= 15 is 0 Å². The van der Waals surface area contributed by atoms with Crippen molar-refractivity contribution in [3.63, 3.8) is 0 Å². The molecule has 1 atom stereocenters. The molecular weight excluding hydrogens is 208 g/mol. The van der Waals surface area contributed by atoms with Crippen molar-refractivity contribution < 1.29 is 19.7 Å². The second-order valence-corrected chi connectivity index (χ2v) is 3.85. The average Bonchev–Trinajstić information content (AvgIpc) is 2.23. The second-order valence-electron chi connectivity index (χ2n) is 3.85. The van der Waals surface area contributed by atoms with Crippen LogP contribution in [0.2, 0.25) is 0 Å². The Bertz CT molecular complexity index is 424. The topological polar surface area (TPSA) is 66.8 Å². The number of hydrogen-bond donors (Lipinski definition) is 2. The molecule has 4 heteroatoms. The normalized spacial score (nSPS) is 12.2. The number of phenols is 1. The molecule has 0 saturated carbocycles. The number of aliphatic carboxylic acids is 1. The SMILES string of the molecule is COc1c(C)c(C(C)C(=O)O)cc(C)c1O. The minimum absolute atomic E-state index is 0.0707. The van der Waals surface area contributed by atoms with Crippen molar-refractivity contribution in [3.05, 3.63) is 22.8 Å². The van der Waals surface area contributed by atoms with Crippen LogP contribution >= 0.6 is 0 Å². The van der Waals surface area contributed by atoms with E-state index in [4.69, 9.17) is 9.84 Å². The van der Waals surface area contributed by atoms with Crippen LogP contribution in [0.1, 0.15) is 29.5 Å². The van der Waals surface area contributed by atoms with Crippen molar-refractivity contribution >= 4 is 5.97 Å². The van der Waals surface area contributed by atoms with Gasteiger partial charge in [-0.05, 0) is 37.5 Å². The standard InChI is InChI=1S/C12H16O4/c1-6-5-9(8(3)12(14)15)7(2)11(16-4)10(6)13/h5,8,13H,1-4H3,(H,14,15). The molecule has 1 aromatic rings. The zero-order chi connectivity index (χ0) is 12.5. The summed E-state index contributed by atoms with van der Waals surface area (Å²) in [6, 6.07) is 1.69. The summed E-state index contributed by atoms with van der Waals surface area (Å²) in [5, 5.41) is 18.7. The van der Waals surface area contributed by atoms with Crippen molar-refractivity contribution in [2.45, 2.75) is 26.7 Å². The van der Waals surface area contributed by atoms with Crippen LogP contribution in [-0.4, -0.2) is 23.3 Å². The van der Waals surface area contributed by atoms with E-state index in [1.54, 1.807) is 26.8 Å². The highest BCUT2D eigenvalue weighted by Gasteiger charge is 2.21. The van der Waals surface area contributed by atoms with E-state index in [-0.39, 0.29) is 5.75 Å². The van der Waals surface area contributed by atoms with Gasteiger partial charge in [-0.1, -0.05) is 6.07 Å². The summed E-state index contributed by atoms with van der Waals surface area (Å²) < 4.78 is 5.08. The third-order valence-corrected chi connectivity index (χ3v) is 2.78. The van der Waals surface area contributed by atoms with Gasteiger partial charge in [0.2, 0.25) is 0 Å². The Labute approximate surface area is 94.5 Å². The zero-order valence-corrected chi connectivity index (χ0v) is 9.87. The van der Waals surface area contributed by atoms with Crippen LogP contribution in [0.4, 0.5) is 0 Å². The van der Waals surface area contributed by atoms with Gasteiger partial charge in [0, 0.05) is 0 Å². The molecule has 0 aliphatic carbocycles. The molecule has 88 valence electrons. The Kier molecular flexibility index (Phi) is 3.42. The molecule has 0 fully saturated rings. The van der Waals surface area contributed by atoms with Crippen LogP contribution in [0, 0.1) is 13.8 Å². The Morgan fingerprint density at radius 2 is 2.00 bits per heavy atom. The second kappa shape index (κ2) is 4.43. The van der Waals surface area contributed by atoms with Crippen molar-refractivity contribution in [1.29, 1.82) is 0 Å². The quantitative estimate of drug-likeness (QED) is 0.826. The van der Waals surface area contributed by atoms with Gasteiger partial charge >= 0.3 is 5.97 Å². The third kappa shape index (κ3) is 1.96. The van der Waals surface area contributed by atoms with E-state index in [1.165, 1.54) is 7.11 Å². The maximum absolute atomic E-state index is 10.9. The summed E-state index contributed by atoms with van der Waals surface area (Å²) in [4.78, 5) is 10.9. The molecule has 1 unspecified atom stereocenters. The zero-order valence-electron chi connectivity index (χ0n) is 9.87. The molecular formula is C12H16O4. The van der Waals surface area contributed by atoms with Gasteiger partial charge in [0.1, 0.15) is 0 Å². The highest BCUT2D eigenvalue weighted by molar-refractivity contribution is 5.77. The molecule has 2 N–H and O–H groups in total. The number of methoxy groups -OCH3 is 1. The number of ether oxygens (including phenoxy) is 1. The Morgan fingerprint density at radius 3 is 2.44 bits per heavy atom. The first-order chi connectivity index (χ1) is 7.40. The van der Waals surface area contributed by atoms with Gasteiger partial charge in [-0.25, -0.2) is 0 Å². The van der Waals surface area contributed by atoms with Gasteiger partial charge in [-0.15, -0.1) is 0 Å². The highest BCUT2D eigenvalue weighted by Crippen LogP contribution is 2.37. The minimum atomic E-state index is -0.893. The Hall–Kier alpha value is -1.71. The lowest BCUT2D eigenvalue weighted by Crippen LogP contribution is -2.10. The predicted octanol–water partition coefficient (Wildman–Crippen LogP) is 2.21. The third-order valence-electron chi connectivity index (χ3n) is 2.78. The molecule has 0 spiro atoms. The molecule has 0 aromatic heterocycles. The Morgan fingerprint density at radius 1 is 1.44 bits per heavy atom. The summed E-state index contributed by atoms with van der Waals surface area (Å²) >= 11 is 0. The number of aromatic hydroxyl groups is 1. The molecule has 16 heavy (non-hydrogen) atoms. The summed E-state index contributed by atoms with van der Waals surface area (Å²) in [5.41, 5.74) is 1.95. The van der Waals surface area contributed by atoms with Crippen LogP contribution in [-0.2, 0) is 4.79 Å². The van der Waals surface area contributed by atoms with Crippen molar-refractivity contribution in [2.24, 2.45) is 0 Å².